The van der Waals surface area contributed by atoms with Crippen LogP contribution in [-0.4, -0.2) is 31.4 Å². The molecule has 3 aromatic rings. The summed E-state index contributed by atoms with van der Waals surface area (Å²) in [6, 6.07) is 24.1. The highest BCUT2D eigenvalue weighted by Crippen LogP contribution is 2.22. The Kier molecular flexibility index (Phi) is 8.07. The van der Waals surface area contributed by atoms with Crippen molar-refractivity contribution in [2.45, 2.75) is 12.5 Å². The second-order valence-corrected chi connectivity index (χ2v) is 6.84. The molecule has 0 aliphatic rings. The fourth-order valence-electron chi connectivity index (χ4n) is 2.98. The van der Waals surface area contributed by atoms with E-state index in [1.165, 1.54) is 10.8 Å². The molecule has 0 spiro atoms. The molecule has 0 aromatic heterocycles. The molecule has 28 heavy (non-hydrogen) atoms. The number of rotatable bonds is 5. The lowest BCUT2D eigenvalue weighted by atomic mass is 9.99. The molecule has 1 N–H and O–H groups in total. The van der Waals surface area contributed by atoms with Gasteiger partial charge in [0.1, 0.15) is 0 Å². The average molecular weight is 393 g/mol. The van der Waals surface area contributed by atoms with Gasteiger partial charge in [-0.05, 0) is 61.6 Å². The van der Waals surface area contributed by atoms with Gasteiger partial charge in [0.15, 0.2) is 0 Å². The number of hydrogen-bond acceptors (Lipinski definition) is 2. The third-order valence-electron chi connectivity index (χ3n) is 4.44. The summed E-state index contributed by atoms with van der Waals surface area (Å²) in [6.07, 6.45) is 0.824. The monoisotopic (exact) mass is 392 g/mol. The lowest BCUT2D eigenvalue weighted by Crippen LogP contribution is -2.30. The Balaban J connectivity index is 0.00000280. The molecule has 0 aliphatic heterocycles. The molecule has 1 atom stereocenters. The lowest BCUT2D eigenvalue weighted by molar-refractivity contribution is -0.116. The summed E-state index contributed by atoms with van der Waals surface area (Å²) in [5, 5.41) is 5.46. The van der Waals surface area contributed by atoms with E-state index < -0.39 is 0 Å². The normalized spacial score (nSPS) is 11.2. The van der Waals surface area contributed by atoms with Crippen LogP contribution in [-0.2, 0) is 4.79 Å². The largest absolute Gasteiger partial charge is 0.338 e. The Hall–Kier alpha value is -2.80. The maximum atomic E-state index is 12.4. The van der Waals surface area contributed by atoms with Crippen LogP contribution in [0.3, 0.4) is 0 Å². The smallest absolute Gasteiger partial charge is 0.296 e. The summed E-state index contributed by atoms with van der Waals surface area (Å²) in [6.45, 7) is 0.879. The van der Waals surface area contributed by atoms with Gasteiger partial charge in [-0.25, -0.2) is 0 Å². The predicted molar refractivity (Wildman–Crippen MR) is 119 cm³/mol. The first kappa shape index (κ1) is 21.5. The molecule has 0 heterocycles. The van der Waals surface area contributed by atoms with Gasteiger partial charge in [-0.15, -0.1) is 12.4 Å². The first-order valence-corrected chi connectivity index (χ1v) is 9.13. The highest BCUT2D eigenvalue weighted by molar-refractivity contribution is 5.94. The fraction of sp³-hybridized carbons (Fsp3) is 0.208. The quantitative estimate of drug-likeness (QED) is 0.652. The molecule has 0 aliphatic carbocycles. The topological polar surface area (TPSA) is 32.3 Å². The zero-order valence-electron chi connectivity index (χ0n) is 16.2. The first-order valence-electron chi connectivity index (χ1n) is 9.13. The Morgan fingerprint density at radius 1 is 0.964 bits per heavy atom. The van der Waals surface area contributed by atoms with E-state index in [9.17, 15) is 4.79 Å². The van der Waals surface area contributed by atoms with Crippen LogP contribution in [0.4, 0.5) is 0 Å². The van der Waals surface area contributed by atoms with Gasteiger partial charge in [0.2, 0.25) is 0 Å². The molecular weight excluding hydrogens is 368 g/mol. The lowest BCUT2D eigenvalue weighted by Gasteiger charge is -2.20. The van der Waals surface area contributed by atoms with Gasteiger partial charge in [-0.1, -0.05) is 60.5 Å². The number of hydrogen-bond donors (Lipinski definition) is 1. The molecule has 0 saturated carbocycles. The third-order valence-corrected chi connectivity index (χ3v) is 4.44. The van der Waals surface area contributed by atoms with Crippen molar-refractivity contribution < 1.29 is 4.79 Å². The van der Waals surface area contributed by atoms with E-state index in [1.807, 2.05) is 56.6 Å². The molecule has 0 saturated heterocycles. The molecule has 4 heteroatoms. The Morgan fingerprint density at radius 2 is 1.64 bits per heavy atom. The molecule has 3 rings (SSSR count). The standard InChI is InChI=1S/C24H24N2O.ClH/c1-26(2)17-16-23(22-14-13-20-10-6-7-11-21(20)18-22)25-24(27)15-12-19-8-4-3-5-9-19;/h3-11,13-14,18,23H,16-17H2,1-2H3,(H,25,27);1H. The molecule has 0 radical (unpaired) electrons. The van der Waals surface area contributed by atoms with Crippen LogP contribution in [0.1, 0.15) is 23.6 Å². The number of carbonyl (C=O) groups is 1. The van der Waals surface area contributed by atoms with Crippen molar-refractivity contribution in [1.82, 2.24) is 10.2 Å². The second-order valence-electron chi connectivity index (χ2n) is 6.84. The van der Waals surface area contributed by atoms with Crippen molar-refractivity contribution >= 4 is 29.1 Å². The molecule has 1 amide bonds. The second kappa shape index (κ2) is 10.5. The van der Waals surface area contributed by atoms with Crippen LogP contribution < -0.4 is 5.32 Å². The van der Waals surface area contributed by atoms with E-state index in [-0.39, 0.29) is 24.4 Å². The van der Waals surface area contributed by atoms with Crippen LogP contribution >= 0.6 is 12.4 Å². The number of nitrogens with zero attached hydrogens (tertiary/aromatic N) is 1. The fourth-order valence-corrected chi connectivity index (χ4v) is 2.98. The molecule has 0 bridgehead atoms. The summed E-state index contributed by atoms with van der Waals surface area (Å²) in [7, 11) is 4.07. The van der Waals surface area contributed by atoms with Crippen molar-refractivity contribution in [1.29, 1.82) is 0 Å². The number of nitrogens with one attached hydrogen (secondary N) is 1. The highest BCUT2D eigenvalue weighted by Gasteiger charge is 2.14. The van der Waals surface area contributed by atoms with Crippen molar-refractivity contribution in [2.75, 3.05) is 20.6 Å². The van der Waals surface area contributed by atoms with Gasteiger partial charge in [0.25, 0.3) is 5.91 Å². The van der Waals surface area contributed by atoms with Crippen molar-refractivity contribution in [3.8, 4) is 11.8 Å². The number of halogens is 1. The molecule has 0 fully saturated rings. The Morgan fingerprint density at radius 3 is 2.36 bits per heavy atom. The summed E-state index contributed by atoms with van der Waals surface area (Å²) in [5.41, 5.74) is 1.94. The van der Waals surface area contributed by atoms with E-state index in [1.54, 1.807) is 0 Å². The van der Waals surface area contributed by atoms with Crippen LogP contribution in [0.15, 0.2) is 72.8 Å². The van der Waals surface area contributed by atoms with Gasteiger partial charge >= 0.3 is 0 Å². The summed E-state index contributed by atoms with van der Waals surface area (Å²) >= 11 is 0. The third kappa shape index (κ3) is 6.13. The van der Waals surface area contributed by atoms with Gasteiger partial charge < -0.3 is 10.2 Å². The van der Waals surface area contributed by atoms with E-state index in [2.05, 4.69) is 52.4 Å². The minimum Gasteiger partial charge on any atom is -0.338 e. The van der Waals surface area contributed by atoms with Gasteiger partial charge in [0, 0.05) is 11.5 Å². The van der Waals surface area contributed by atoms with E-state index in [0.717, 1.165) is 24.1 Å². The van der Waals surface area contributed by atoms with Crippen LogP contribution in [0, 0.1) is 11.8 Å². The minimum absolute atomic E-state index is 0. The zero-order valence-corrected chi connectivity index (χ0v) is 17.0. The van der Waals surface area contributed by atoms with E-state index in [4.69, 9.17) is 0 Å². The molecule has 3 nitrogen and oxygen atoms in total. The van der Waals surface area contributed by atoms with Gasteiger partial charge in [0.05, 0.1) is 6.04 Å². The van der Waals surface area contributed by atoms with Crippen LogP contribution in [0.2, 0.25) is 0 Å². The maximum Gasteiger partial charge on any atom is 0.296 e. The summed E-state index contributed by atoms with van der Waals surface area (Å²) in [5.74, 6) is 5.38. The molecule has 144 valence electrons. The molecular formula is C24H25ClN2O. The number of carbonyl (C=O) groups excluding carboxylic acids is 1. The summed E-state index contributed by atoms with van der Waals surface area (Å²) in [4.78, 5) is 14.5. The zero-order chi connectivity index (χ0) is 19.1. The Bertz CT molecular complexity index is 974. The first-order chi connectivity index (χ1) is 13.1. The van der Waals surface area contributed by atoms with E-state index in [0.29, 0.717) is 0 Å². The number of fused-ring (bicyclic) bond motifs is 1. The van der Waals surface area contributed by atoms with Crippen molar-refractivity contribution in [3.05, 3.63) is 83.9 Å². The van der Waals surface area contributed by atoms with Gasteiger partial charge in [-0.2, -0.15) is 0 Å². The van der Waals surface area contributed by atoms with Crippen LogP contribution in [0.25, 0.3) is 10.8 Å². The van der Waals surface area contributed by atoms with Crippen molar-refractivity contribution in [3.63, 3.8) is 0 Å². The number of benzene rings is 3. The highest BCUT2D eigenvalue weighted by atomic mass is 35.5. The maximum absolute atomic E-state index is 12.4. The Labute approximate surface area is 173 Å². The SMILES string of the molecule is CN(C)CCC(NC(=O)C#Cc1ccccc1)c1ccc2ccccc2c1.Cl. The summed E-state index contributed by atoms with van der Waals surface area (Å²) < 4.78 is 0. The van der Waals surface area contributed by atoms with Crippen molar-refractivity contribution in [2.24, 2.45) is 0 Å². The van der Waals surface area contributed by atoms with Gasteiger partial charge in [-0.3, -0.25) is 4.79 Å². The molecule has 1 unspecified atom stereocenters. The minimum atomic E-state index is -0.254. The molecule has 3 aromatic carbocycles. The van der Waals surface area contributed by atoms with Crippen LogP contribution in [0.5, 0.6) is 0 Å². The predicted octanol–water partition coefficient (Wildman–Crippen LogP) is 4.42. The number of amides is 1. The van der Waals surface area contributed by atoms with E-state index >= 15 is 0 Å². The average Bonchev–Trinajstić information content (AvgIpc) is 2.70.